The van der Waals surface area contributed by atoms with Crippen LogP contribution in [0.4, 0.5) is 5.95 Å². The number of hydrogen-bond donors (Lipinski definition) is 0. The molecule has 1 aliphatic carbocycles. The van der Waals surface area contributed by atoms with E-state index in [-0.39, 0.29) is 0 Å². The predicted octanol–water partition coefficient (Wildman–Crippen LogP) is 4.39. The second-order valence-corrected chi connectivity index (χ2v) is 8.22. The molecule has 5 heteroatoms. The molecule has 2 aromatic rings. The van der Waals surface area contributed by atoms with Gasteiger partial charge in [0.15, 0.2) is 5.65 Å². The van der Waals surface area contributed by atoms with E-state index in [1.165, 1.54) is 49.8 Å². The quantitative estimate of drug-likeness (QED) is 0.778. The van der Waals surface area contributed by atoms with Crippen molar-refractivity contribution in [1.82, 2.24) is 14.4 Å². The van der Waals surface area contributed by atoms with Crippen LogP contribution in [0.5, 0.6) is 0 Å². The fraction of sp³-hybridized carbons (Fsp3) is 0.667. The smallest absolute Gasteiger partial charge is 0.211 e. The molecule has 3 heterocycles. The van der Waals surface area contributed by atoms with Gasteiger partial charge in [-0.2, -0.15) is 0 Å². The zero-order valence-electron chi connectivity index (χ0n) is 14.0. The first-order valence-corrected chi connectivity index (χ1v) is 10.00. The van der Waals surface area contributed by atoms with Crippen molar-refractivity contribution in [3.05, 3.63) is 18.6 Å². The van der Waals surface area contributed by atoms with Crippen LogP contribution in [0.15, 0.2) is 23.5 Å². The van der Waals surface area contributed by atoms with E-state index >= 15 is 0 Å². The molecule has 2 aliphatic rings. The highest BCUT2D eigenvalue weighted by Gasteiger charge is 2.37. The van der Waals surface area contributed by atoms with Gasteiger partial charge in [-0.25, -0.2) is 9.97 Å². The van der Waals surface area contributed by atoms with Crippen LogP contribution in [-0.4, -0.2) is 33.2 Å². The van der Waals surface area contributed by atoms with E-state index in [9.17, 15) is 0 Å². The van der Waals surface area contributed by atoms with E-state index in [4.69, 9.17) is 4.98 Å². The first-order chi connectivity index (χ1) is 11.3. The standard InChI is InChI=1S/C18H26N4S/c1-2-13-23-15-14-20-17(22-12-9-19-16(15)22)21-10-7-18(8-11-21)5-3-4-6-18/h9,12,14H,2-8,10-11,13H2,1H3. The third-order valence-electron chi connectivity index (χ3n) is 5.61. The number of fused-ring (bicyclic) bond motifs is 1. The Morgan fingerprint density at radius 3 is 2.65 bits per heavy atom. The summed E-state index contributed by atoms with van der Waals surface area (Å²) in [5.41, 5.74) is 1.72. The summed E-state index contributed by atoms with van der Waals surface area (Å²) in [6.07, 6.45) is 15.6. The van der Waals surface area contributed by atoms with E-state index in [0.29, 0.717) is 5.41 Å². The fourth-order valence-electron chi connectivity index (χ4n) is 4.24. The number of anilines is 1. The molecule has 0 unspecified atom stereocenters. The molecule has 2 fully saturated rings. The summed E-state index contributed by atoms with van der Waals surface area (Å²) in [6, 6.07) is 0. The van der Waals surface area contributed by atoms with Crippen molar-refractivity contribution in [3.63, 3.8) is 0 Å². The van der Waals surface area contributed by atoms with Gasteiger partial charge in [0.1, 0.15) is 0 Å². The van der Waals surface area contributed by atoms with Crippen molar-refractivity contribution in [2.45, 2.75) is 56.8 Å². The Balaban J connectivity index is 1.56. The molecule has 0 bridgehead atoms. The Morgan fingerprint density at radius 1 is 1.13 bits per heavy atom. The predicted molar refractivity (Wildman–Crippen MR) is 96.4 cm³/mol. The van der Waals surface area contributed by atoms with Crippen molar-refractivity contribution < 1.29 is 0 Å². The normalized spacial score (nSPS) is 20.7. The molecule has 1 spiro atoms. The van der Waals surface area contributed by atoms with Gasteiger partial charge in [0.05, 0.1) is 4.90 Å². The molecule has 1 saturated heterocycles. The third kappa shape index (κ3) is 2.84. The summed E-state index contributed by atoms with van der Waals surface area (Å²) in [5, 5.41) is 0. The second kappa shape index (κ2) is 6.34. The molecule has 4 nitrogen and oxygen atoms in total. The number of hydrogen-bond acceptors (Lipinski definition) is 4. The molecule has 23 heavy (non-hydrogen) atoms. The first kappa shape index (κ1) is 15.3. The van der Waals surface area contributed by atoms with Crippen molar-refractivity contribution in [1.29, 1.82) is 0 Å². The summed E-state index contributed by atoms with van der Waals surface area (Å²) in [4.78, 5) is 13.0. The minimum absolute atomic E-state index is 0.654. The van der Waals surface area contributed by atoms with Crippen molar-refractivity contribution in [2.75, 3.05) is 23.7 Å². The number of thioether (sulfide) groups is 1. The van der Waals surface area contributed by atoms with E-state index in [1.807, 2.05) is 24.2 Å². The highest BCUT2D eigenvalue weighted by molar-refractivity contribution is 7.99. The molecular formula is C18H26N4S. The number of piperidine rings is 1. The second-order valence-electron chi connectivity index (χ2n) is 7.09. The summed E-state index contributed by atoms with van der Waals surface area (Å²) >= 11 is 1.86. The van der Waals surface area contributed by atoms with Crippen molar-refractivity contribution in [2.24, 2.45) is 5.41 Å². The SMILES string of the molecule is CCCSc1cnc(N2CCC3(CCCC3)CC2)n2ccnc12. The Hall–Kier alpha value is -1.23. The third-order valence-corrected chi connectivity index (χ3v) is 6.82. The lowest BCUT2D eigenvalue weighted by atomic mass is 9.77. The zero-order chi connectivity index (χ0) is 15.7. The first-order valence-electron chi connectivity index (χ1n) is 9.01. The largest absolute Gasteiger partial charge is 0.342 e. The fourth-order valence-corrected chi connectivity index (χ4v) is 5.07. The maximum atomic E-state index is 4.80. The Bertz CT molecular complexity index is 665. The Morgan fingerprint density at radius 2 is 1.91 bits per heavy atom. The molecule has 4 rings (SSSR count). The summed E-state index contributed by atoms with van der Waals surface area (Å²) in [6.45, 7) is 4.49. The minimum atomic E-state index is 0.654. The lowest BCUT2D eigenvalue weighted by Crippen LogP contribution is -2.40. The number of rotatable bonds is 4. The minimum Gasteiger partial charge on any atom is -0.342 e. The summed E-state index contributed by atoms with van der Waals surface area (Å²) in [5.74, 6) is 2.20. The molecule has 1 saturated carbocycles. The van der Waals surface area contributed by atoms with Crippen LogP contribution in [0, 0.1) is 5.41 Å². The Labute approximate surface area is 142 Å². The van der Waals surface area contributed by atoms with Gasteiger partial charge in [-0.05, 0) is 43.3 Å². The maximum Gasteiger partial charge on any atom is 0.211 e. The molecule has 1 aliphatic heterocycles. The van der Waals surface area contributed by atoms with Crippen molar-refractivity contribution in [3.8, 4) is 0 Å². The van der Waals surface area contributed by atoms with Crippen LogP contribution < -0.4 is 4.90 Å². The van der Waals surface area contributed by atoms with Crippen LogP contribution in [0.25, 0.3) is 5.65 Å². The molecule has 2 aromatic heterocycles. The Kier molecular flexibility index (Phi) is 4.22. The van der Waals surface area contributed by atoms with Gasteiger partial charge in [0.25, 0.3) is 0 Å². The van der Waals surface area contributed by atoms with Gasteiger partial charge in [-0.3, -0.25) is 4.40 Å². The number of aromatic nitrogens is 3. The van der Waals surface area contributed by atoms with Gasteiger partial charge in [0.2, 0.25) is 5.95 Å². The molecule has 0 aromatic carbocycles. The van der Waals surface area contributed by atoms with Gasteiger partial charge < -0.3 is 4.90 Å². The number of imidazole rings is 1. The summed E-state index contributed by atoms with van der Waals surface area (Å²) < 4.78 is 2.19. The summed E-state index contributed by atoms with van der Waals surface area (Å²) in [7, 11) is 0. The van der Waals surface area contributed by atoms with Gasteiger partial charge in [0, 0.05) is 31.7 Å². The molecule has 124 valence electrons. The van der Waals surface area contributed by atoms with E-state index in [1.54, 1.807) is 0 Å². The highest BCUT2D eigenvalue weighted by atomic mass is 32.2. The topological polar surface area (TPSA) is 33.4 Å². The molecule has 0 N–H and O–H groups in total. The van der Waals surface area contributed by atoms with E-state index in [2.05, 4.69) is 27.4 Å². The lowest BCUT2D eigenvalue weighted by Gasteiger charge is -2.39. The average molecular weight is 331 g/mol. The van der Waals surface area contributed by atoms with Gasteiger partial charge in [-0.15, -0.1) is 11.8 Å². The molecule has 0 amide bonds. The van der Waals surface area contributed by atoms with Crippen LogP contribution in [0.2, 0.25) is 0 Å². The van der Waals surface area contributed by atoms with Crippen molar-refractivity contribution >= 4 is 23.4 Å². The van der Waals surface area contributed by atoms with E-state index in [0.717, 1.165) is 30.4 Å². The van der Waals surface area contributed by atoms with Gasteiger partial charge in [-0.1, -0.05) is 19.8 Å². The van der Waals surface area contributed by atoms with Crippen LogP contribution in [0.3, 0.4) is 0 Å². The molecule has 0 radical (unpaired) electrons. The van der Waals surface area contributed by atoms with E-state index < -0.39 is 0 Å². The number of nitrogens with zero attached hydrogens (tertiary/aromatic N) is 4. The van der Waals surface area contributed by atoms with Crippen LogP contribution >= 0.6 is 11.8 Å². The maximum absolute atomic E-state index is 4.80. The van der Waals surface area contributed by atoms with Crippen LogP contribution in [-0.2, 0) is 0 Å². The average Bonchev–Trinajstić information content (AvgIpc) is 3.24. The molecule has 0 atom stereocenters. The molecular weight excluding hydrogens is 304 g/mol. The lowest BCUT2D eigenvalue weighted by molar-refractivity contribution is 0.225. The monoisotopic (exact) mass is 330 g/mol. The van der Waals surface area contributed by atoms with Gasteiger partial charge >= 0.3 is 0 Å². The van der Waals surface area contributed by atoms with Crippen LogP contribution in [0.1, 0.15) is 51.9 Å². The highest BCUT2D eigenvalue weighted by Crippen LogP contribution is 2.46. The zero-order valence-corrected chi connectivity index (χ0v) is 14.8.